The molecule has 2 N–H and O–H groups in total. The third-order valence-electron chi connectivity index (χ3n) is 3.50. The Hall–Kier alpha value is -2.96. The van der Waals surface area contributed by atoms with Gasteiger partial charge in [0.05, 0.1) is 6.54 Å². The summed E-state index contributed by atoms with van der Waals surface area (Å²) in [6, 6.07) is 10.9. The number of carbonyl (C=O) groups excluding carboxylic acids is 2. The van der Waals surface area contributed by atoms with Crippen molar-refractivity contribution in [2.45, 2.75) is 20.5 Å². The van der Waals surface area contributed by atoms with Crippen LogP contribution in [-0.4, -0.2) is 25.0 Å². The molecule has 0 aliphatic carbocycles. The van der Waals surface area contributed by atoms with Crippen molar-refractivity contribution in [3.05, 3.63) is 59.2 Å². The van der Waals surface area contributed by atoms with Crippen LogP contribution in [-0.2, 0) is 4.79 Å². The van der Waals surface area contributed by atoms with E-state index in [0.717, 1.165) is 16.8 Å². The molecular weight excluding hydrogens is 330 g/mol. The third kappa shape index (κ3) is 5.27. The lowest BCUT2D eigenvalue weighted by Gasteiger charge is -2.12. The molecule has 0 atom stereocenters. The van der Waals surface area contributed by atoms with Gasteiger partial charge in [-0.15, -0.1) is 0 Å². The largest absolute Gasteiger partial charge is 0.435 e. The number of ether oxygens (including phenoxy) is 1. The minimum absolute atomic E-state index is 0.0423. The van der Waals surface area contributed by atoms with Crippen molar-refractivity contribution in [3.63, 3.8) is 0 Å². The van der Waals surface area contributed by atoms with Gasteiger partial charge in [-0.25, -0.2) is 0 Å². The maximum atomic E-state index is 12.1. The molecule has 7 heteroatoms. The summed E-state index contributed by atoms with van der Waals surface area (Å²) in [6.07, 6.45) is 0. The molecule has 0 aliphatic heterocycles. The molecule has 0 saturated heterocycles. The van der Waals surface area contributed by atoms with Crippen molar-refractivity contribution in [1.29, 1.82) is 0 Å². The maximum Gasteiger partial charge on any atom is 0.387 e. The zero-order valence-electron chi connectivity index (χ0n) is 13.8. The fourth-order valence-corrected chi connectivity index (χ4v) is 2.25. The van der Waals surface area contributed by atoms with E-state index < -0.39 is 12.5 Å². The highest BCUT2D eigenvalue weighted by Gasteiger charge is 2.11. The number of hydrogen-bond donors (Lipinski definition) is 2. The molecule has 0 saturated carbocycles. The summed E-state index contributed by atoms with van der Waals surface area (Å²) >= 11 is 0. The quantitative estimate of drug-likeness (QED) is 0.842. The topological polar surface area (TPSA) is 67.4 Å². The molecule has 2 aromatic carbocycles. The standard InChI is InChI=1S/C18H18F2N2O3/c1-11-4-3-5-12(2)16(11)22-15(23)10-21-17(24)13-6-8-14(9-7-13)25-18(19)20/h3-9,18H,10H2,1-2H3,(H,21,24)(H,22,23). The Balaban J connectivity index is 1.90. The number of amides is 2. The van der Waals surface area contributed by atoms with Crippen LogP contribution in [0.4, 0.5) is 14.5 Å². The van der Waals surface area contributed by atoms with E-state index in [-0.39, 0.29) is 23.8 Å². The lowest BCUT2D eigenvalue weighted by atomic mass is 10.1. The van der Waals surface area contributed by atoms with E-state index in [0.29, 0.717) is 0 Å². The van der Waals surface area contributed by atoms with Gasteiger partial charge in [0, 0.05) is 11.3 Å². The molecule has 2 aromatic rings. The number of nitrogens with one attached hydrogen (secondary N) is 2. The molecule has 0 unspecified atom stereocenters. The minimum atomic E-state index is -2.92. The summed E-state index contributed by atoms with van der Waals surface area (Å²) in [7, 11) is 0. The van der Waals surface area contributed by atoms with Crippen LogP contribution in [0, 0.1) is 13.8 Å². The second kappa shape index (κ2) is 8.23. The van der Waals surface area contributed by atoms with Gasteiger partial charge in [0.1, 0.15) is 5.75 Å². The van der Waals surface area contributed by atoms with E-state index in [1.165, 1.54) is 24.3 Å². The zero-order valence-corrected chi connectivity index (χ0v) is 13.8. The molecule has 0 aliphatic rings. The Morgan fingerprint density at radius 1 is 1.04 bits per heavy atom. The van der Waals surface area contributed by atoms with E-state index in [2.05, 4.69) is 15.4 Å². The number of aryl methyl sites for hydroxylation is 2. The van der Waals surface area contributed by atoms with Crippen molar-refractivity contribution in [2.75, 3.05) is 11.9 Å². The second-order valence-electron chi connectivity index (χ2n) is 5.40. The summed E-state index contributed by atoms with van der Waals surface area (Å²) in [5.41, 5.74) is 2.81. The lowest BCUT2D eigenvalue weighted by molar-refractivity contribution is -0.115. The number of anilines is 1. The Kier molecular flexibility index (Phi) is 6.05. The average molecular weight is 348 g/mol. The van der Waals surface area contributed by atoms with Gasteiger partial charge in [-0.05, 0) is 49.2 Å². The molecule has 0 aromatic heterocycles. The number of para-hydroxylation sites is 1. The summed E-state index contributed by atoms with van der Waals surface area (Å²) in [5.74, 6) is -0.886. The van der Waals surface area contributed by atoms with E-state index in [1.54, 1.807) is 0 Å². The van der Waals surface area contributed by atoms with Crippen LogP contribution in [0.15, 0.2) is 42.5 Å². The molecular formula is C18H18F2N2O3. The lowest BCUT2D eigenvalue weighted by Crippen LogP contribution is -2.33. The highest BCUT2D eigenvalue weighted by Crippen LogP contribution is 2.19. The first-order valence-corrected chi connectivity index (χ1v) is 7.56. The number of benzene rings is 2. The normalized spacial score (nSPS) is 10.4. The molecule has 0 radical (unpaired) electrons. The van der Waals surface area contributed by atoms with Gasteiger partial charge in [0.15, 0.2) is 0 Å². The first-order chi connectivity index (χ1) is 11.9. The van der Waals surface area contributed by atoms with Gasteiger partial charge >= 0.3 is 6.61 Å². The Morgan fingerprint density at radius 3 is 2.20 bits per heavy atom. The Morgan fingerprint density at radius 2 is 1.64 bits per heavy atom. The molecule has 25 heavy (non-hydrogen) atoms. The number of halogens is 2. The first kappa shape index (κ1) is 18.4. The van der Waals surface area contributed by atoms with E-state index in [4.69, 9.17) is 0 Å². The number of rotatable bonds is 6. The van der Waals surface area contributed by atoms with Crippen LogP contribution in [0.3, 0.4) is 0 Å². The molecule has 0 fully saturated rings. The molecule has 0 bridgehead atoms. The van der Waals surface area contributed by atoms with Crippen LogP contribution in [0.1, 0.15) is 21.5 Å². The highest BCUT2D eigenvalue weighted by molar-refractivity contribution is 5.99. The first-order valence-electron chi connectivity index (χ1n) is 7.56. The SMILES string of the molecule is Cc1cccc(C)c1NC(=O)CNC(=O)c1ccc(OC(F)F)cc1. The van der Waals surface area contributed by atoms with Crippen molar-refractivity contribution in [2.24, 2.45) is 0 Å². The van der Waals surface area contributed by atoms with Crippen LogP contribution in [0.2, 0.25) is 0 Å². The Bertz CT molecular complexity index is 741. The van der Waals surface area contributed by atoms with Crippen molar-refractivity contribution < 1.29 is 23.1 Å². The van der Waals surface area contributed by atoms with Crippen molar-refractivity contribution in [3.8, 4) is 5.75 Å². The maximum absolute atomic E-state index is 12.1. The number of alkyl halides is 2. The summed E-state index contributed by atoms with van der Waals surface area (Å²) in [6.45, 7) is 0.629. The van der Waals surface area contributed by atoms with Gasteiger partial charge in [-0.1, -0.05) is 18.2 Å². The van der Waals surface area contributed by atoms with E-state index in [9.17, 15) is 18.4 Å². The predicted octanol–water partition coefficient (Wildman–Crippen LogP) is 3.27. The summed E-state index contributed by atoms with van der Waals surface area (Å²) in [5, 5.41) is 5.24. The van der Waals surface area contributed by atoms with Crippen LogP contribution >= 0.6 is 0 Å². The van der Waals surface area contributed by atoms with E-state index >= 15 is 0 Å². The summed E-state index contributed by atoms with van der Waals surface area (Å²) in [4.78, 5) is 24.0. The summed E-state index contributed by atoms with van der Waals surface area (Å²) < 4.78 is 28.4. The van der Waals surface area contributed by atoms with Crippen LogP contribution in [0.5, 0.6) is 5.75 Å². The fourth-order valence-electron chi connectivity index (χ4n) is 2.25. The molecule has 132 valence electrons. The smallest absolute Gasteiger partial charge is 0.387 e. The van der Waals surface area contributed by atoms with Gasteiger partial charge in [-0.2, -0.15) is 8.78 Å². The third-order valence-corrected chi connectivity index (χ3v) is 3.50. The van der Waals surface area contributed by atoms with Gasteiger partial charge < -0.3 is 15.4 Å². The monoisotopic (exact) mass is 348 g/mol. The number of carbonyl (C=O) groups is 2. The highest BCUT2D eigenvalue weighted by atomic mass is 19.3. The average Bonchev–Trinajstić information content (AvgIpc) is 2.56. The van der Waals surface area contributed by atoms with Gasteiger partial charge in [0.25, 0.3) is 5.91 Å². The number of hydrogen-bond acceptors (Lipinski definition) is 3. The van der Waals surface area contributed by atoms with Crippen molar-refractivity contribution in [1.82, 2.24) is 5.32 Å². The predicted molar refractivity (Wildman–Crippen MR) is 90.0 cm³/mol. The molecule has 5 nitrogen and oxygen atoms in total. The molecule has 2 amide bonds. The van der Waals surface area contributed by atoms with Crippen LogP contribution in [0.25, 0.3) is 0 Å². The van der Waals surface area contributed by atoms with Crippen molar-refractivity contribution >= 4 is 17.5 Å². The molecule has 2 rings (SSSR count). The van der Waals surface area contributed by atoms with Gasteiger partial charge in [0.2, 0.25) is 5.91 Å². The minimum Gasteiger partial charge on any atom is -0.435 e. The molecule has 0 heterocycles. The molecule has 0 spiro atoms. The zero-order chi connectivity index (χ0) is 18.4. The van der Waals surface area contributed by atoms with E-state index in [1.807, 2.05) is 32.0 Å². The second-order valence-corrected chi connectivity index (χ2v) is 5.40. The van der Waals surface area contributed by atoms with Gasteiger partial charge in [-0.3, -0.25) is 9.59 Å². The fraction of sp³-hybridized carbons (Fsp3) is 0.222. The van der Waals surface area contributed by atoms with Crippen LogP contribution < -0.4 is 15.4 Å². The Labute approximate surface area is 144 Å².